The highest BCUT2D eigenvalue weighted by Crippen LogP contribution is 2.18. The summed E-state index contributed by atoms with van der Waals surface area (Å²) < 4.78 is 10.4. The maximum Gasteiger partial charge on any atom is 0.341 e. The molecule has 0 N–H and O–H groups in total. The summed E-state index contributed by atoms with van der Waals surface area (Å²) in [5, 5.41) is 0. The number of ether oxygens (including phenoxy) is 2. The minimum atomic E-state index is -0.300. The van der Waals surface area contributed by atoms with Crippen LogP contribution in [0.2, 0.25) is 0 Å². The normalized spacial score (nSPS) is 10.2. The van der Waals surface area contributed by atoms with Crippen LogP contribution in [0, 0.1) is 0 Å². The van der Waals surface area contributed by atoms with Gasteiger partial charge in [-0.3, -0.25) is 0 Å². The summed E-state index contributed by atoms with van der Waals surface area (Å²) >= 11 is 0. The molecule has 0 heterocycles. The largest absolute Gasteiger partial charge is 0.496 e. The lowest BCUT2D eigenvalue weighted by atomic mass is 10.1. The van der Waals surface area contributed by atoms with Gasteiger partial charge in [-0.05, 0) is 18.6 Å². The van der Waals surface area contributed by atoms with Crippen LogP contribution in [0.1, 0.15) is 55.8 Å². The van der Waals surface area contributed by atoms with E-state index in [9.17, 15) is 4.79 Å². The predicted octanol–water partition coefficient (Wildman–Crippen LogP) is 4.21. The Balaban J connectivity index is 2.24. The van der Waals surface area contributed by atoms with E-state index < -0.39 is 0 Å². The molecule has 0 aliphatic carbocycles. The van der Waals surface area contributed by atoms with E-state index in [1.54, 1.807) is 19.2 Å². The Labute approximate surface area is 115 Å². The quantitative estimate of drug-likeness (QED) is 0.495. The number of carbonyl (C=O) groups is 1. The van der Waals surface area contributed by atoms with Crippen LogP contribution in [0.25, 0.3) is 0 Å². The van der Waals surface area contributed by atoms with E-state index in [4.69, 9.17) is 9.47 Å². The van der Waals surface area contributed by atoms with E-state index in [2.05, 4.69) is 6.92 Å². The number of carbonyl (C=O) groups excluding carboxylic acids is 1. The van der Waals surface area contributed by atoms with Crippen molar-refractivity contribution in [3.63, 3.8) is 0 Å². The molecule has 0 amide bonds. The fourth-order valence-corrected chi connectivity index (χ4v) is 1.94. The fourth-order valence-electron chi connectivity index (χ4n) is 1.94. The zero-order chi connectivity index (χ0) is 13.9. The Morgan fingerprint density at radius 2 is 1.74 bits per heavy atom. The van der Waals surface area contributed by atoms with Crippen LogP contribution in [0.4, 0.5) is 0 Å². The Hall–Kier alpha value is -1.51. The van der Waals surface area contributed by atoms with Gasteiger partial charge in [-0.15, -0.1) is 0 Å². The van der Waals surface area contributed by atoms with Crippen molar-refractivity contribution in [1.82, 2.24) is 0 Å². The number of para-hydroxylation sites is 1. The number of esters is 1. The summed E-state index contributed by atoms with van der Waals surface area (Å²) in [4.78, 5) is 11.9. The maximum absolute atomic E-state index is 11.9. The number of methoxy groups -OCH3 is 1. The average Bonchev–Trinajstić information content (AvgIpc) is 2.46. The Bertz CT molecular complexity index is 374. The van der Waals surface area contributed by atoms with Crippen molar-refractivity contribution in [2.75, 3.05) is 13.7 Å². The summed E-state index contributed by atoms with van der Waals surface area (Å²) in [5.41, 5.74) is 0.496. The summed E-state index contributed by atoms with van der Waals surface area (Å²) in [7, 11) is 1.56. The number of unbranched alkanes of at least 4 members (excludes halogenated alkanes) is 5. The van der Waals surface area contributed by atoms with Crippen LogP contribution in [-0.2, 0) is 4.74 Å². The van der Waals surface area contributed by atoms with E-state index in [0.717, 1.165) is 12.8 Å². The van der Waals surface area contributed by atoms with Crippen molar-refractivity contribution in [2.45, 2.75) is 45.4 Å². The molecule has 0 saturated carbocycles. The maximum atomic E-state index is 11.9. The van der Waals surface area contributed by atoms with Gasteiger partial charge in [-0.2, -0.15) is 0 Å². The highest BCUT2D eigenvalue weighted by atomic mass is 16.5. The molecule has 0 aliphatic rings. The van der Waals surface area contributed by atoms with Crippen molar-refractivity contribution in [1.29, 1.82) is 0 Å². The van der Waals surface area contributed by atoms with Gasteiger partial charge in [0.15, 0.2) is 0 Å². The third-order valence-electron chi connectivity index (χ3n) is 3.06. The van der Waals surface area contributed by atoms with Gasteiger partial charge >= 0.3 is 5.97 Å². The molecule has 3 nitrogen and oxygen atoms in total. The summed E-state index contributed by atoms with van der Waals surface area (Å²) in [6.45, 7) is 2.69. The molecule has 0 spiro atoms. The average molecular weight is 264 g/mol. The molecule has 1 aromatic rings. The second-order valence-corrected chi connectivity index (χ2v) is 4.60. The lowest BCUT2D eigenvalue weighted by Crippen LogP contribution is -2.08. The smallest absolute Gasteiger partial charge is 0.341 e. The lowest BCUT2D eigenvalue weighted by Gasteiger charge is -2.08. The SMILES string of the molecule is CCCCCCCCOC(=O)c1ccccc1OC. The molecular weight excluding hydrogens is 240 g/mol. The van der Waals surface area contributed by atoms with E-state index in [1.165, 1.54) is 25.7 Å². The highest BCUT2D eigenvalue weighted by molar-refractivity contribution is 5.92. The number of hydrogen-bond acceptors (Lipinski definition) is 3. The zero-order valence-electron chi connectivity index (χ0n) is 12.0. The third kappa shape index (κ3) is 5.77. The molecule has 0 aliphatic heterocycles. The third-order valence-corrected chi connectivity index (χ3v) is 3.06. The Morgan fingerprint density at radius 3 is 2.47 bits per heavy atom. The predicted molar refractivity (Wildman–Crippen MR) is 76.7 cm³/mol. The van der Waals surface area contributed by atoms with Crippen molar-refractivity contribution >= 4 is 5.97 Å². The summed E-state index contributed by atoms with van der Waals surface area (Å²) in [6, 6.07) is 7.14. The monoisotopic (exact) mass is 264 g/mol. The van der Waals surface area contributed by atoms with Gasteiger partial charge in [-0.1, -0.05) is 51.2 Å². The number of rotatable bonds is 9. The van der Waals surface area contributed by atoms with E-state index >= 15 is 0 Å². The molecule has 0 radical (unpaired) electrons. The minimum absolute atomic E-state index is 0.300. The van der Waals surface area contributed by atoms with Crippen molar-refractivity contribution in [3.8, 4) is 5.75 Å². The summed E-state index contributed by atoms with van der Waals surface area (Å²) in [6.07, 6.45) is 7.10. The van der Waals surface area contributed by atoms with E-state index in [0.29, 0.717) is 17.9 Å². The molecule has 106 valence electrons. The number of hydrogen-bond donors (Lipinski definition) is 0. The van der Waals surface area contributed by atoms with Gasteiger partial charge in [0.1, 0.15) is 11.3 Å². The van der Waals surface area contributed by atoms with Gasteiger partial charge in [-0.25, -0.2) is 4.79 Å². The molecule has 0 aromatic heterocycles. The van der Waals surface area contributed by atoms with Gasteiger partial charge in [0.25, 0.3) is 0 Å². The Morgan fingerprint density at radius 1 is 1.05 bits per heavy atom. The van der Waals surface area contributed by atoms with Crippen LogP contribution in [0.5, 0.6) is 5.75 Å². The van der Waals surface area contributed by atoms with Crippen LogP contribution < -0.4 is 4.74 Å². The zero-order valence-corrected chi connectivity index (χ0v) is 12.0. The molecule has 3 heteroatoms. The highest BCUT2D eigenvalue weighted by Gasteiger charge is 2.12. The van der Waals surface area contributed by atoms with Crippen LogP contribution in [0.3, 0.4) is 0 Å². The van der Waals surface area contributed by atoms with Crippen LogP contribution >= 0.6 is 0 Å². The molecule has 0 unspecified atom stereocenters. The first-order valence-electron chi connectivity index (χ1n) is 7.09. The molecule has 1 rings (SSSR count). The first-order chi connectivity index (χ1) is 9.29. The van der Waals surface area contributed by atoms with Gasteiger partial charge in [0, 0.05) is 0 Å². The van der Waals surface area contributed by atoms with Crippen LogP contribution in [-0.4, -0.2) is 19.7 Å². The topological polar surface area (TPSA) is 35.5 Å². The Kier molecular flexibility index (Phi) is 7.71. The van der Waals surface area contributed by atoms with Crippen molar-refractivity contribution in [2.24, 2.45) is 0 Å². The van der Waals surface area contributed by atoms with Gasteiger partial charge in [0.05, 0.1) is 13.7 Å². The van der Waals surface area contributed by atoms with E-state index in [1.807, 2.05) is 12.1 Å². The van der Waals surface area contributed by atoms with Gasteiger partial charge in [0.2, 0.25) is 0 Å². The minimum Gasteiger partial charge on any atom is -0.496 e. The van der Waals surface area contributed by atoms with Crippen molar-refractivity contribution in [3.05, 3.63) is 29.8 Å². The first-order valence-corrected chi connectivity index (χ1v) is 7.09. The second kappa shape index (κ2) is 9.42. The molecule has 0 bridgehead atoms. The first kappa shape index (κ1) is 15.5. The van der Waals surface area contributed by atoms with Gasteiger partial charge < -0.3 is 9.47 Å². The summed E-state index contributed by atoms with van der Waals surface area (Å²) in [5.74, 6) is 0.265. The number of benzene rings is 1. The molecule has 1 aromatic carbocycles. The van der Waals surface area contributed by atoms with Crippen LogP contribution in [0.15, 0.2) is 24.3 Å². The molecule has 19 heavy (non-hydrogen) atoms. The molecular formula is C16H24O3. The lowest BCUT2D eigenvalue weighted by molar-refractivity contribution is 0.0494. The molecule has 0 saturated heterocycles. The molecule has 0 fully saturated rings. The van der Waals surface area contributed by atoms with E-state index in [-0.39, 0.29) is 5.97 Å². The molecule has 0 atom stereocenters. The fraction of sp³-hybridized carbons (Fsp3) is 0.562. The van der Waals surface area contributed by atoms with Crippen molar-refractivity contribution < 1.29 is 14.3 Å². The second-order valence-electron chi connectivity index (χ2n) is 4.60. The standard InChI is InChI=1S/C16H24O3/c1-3-4-5-6-7-10-13-19-16(17)14-11-8-9-12-15(14)18-2/h8-9,11-12H,3-7,10,13H2,1-2H3.